The van der Waals surface area contributed by atoms with E-state index in [4.69, 9.17) is 0 Å². The summed E-state index contributed by atoms with van der Waals surface area (Å²) in [6.45, 7) is 0.919. The third-order valence-electron chi connectivity index (χ3n) is 5.52. The highest BCUT2D eigenvalue weighted by atomic mass is 16.3. The number of phenols is 1. The molecule has 2 aliphatic carbocycles. The van der Waals surface area contributed by atoms with Crippen molar-refractivity contribution >= 4 is 5.78 Å². The van der Waals surface area contributed by atoms with Gasteiger partial charge in [-0.3, -0.25) is 4.79 Å². The second kappa shape index (κ2) is 3.83. The molecule has 1 aliphatic heterocycles. The summed E-state index contributed by atoms with van der Waals surface area (Å²) in [6, 6.07) is 5.32. The predicted molar refractivity (Wildman–Crippen MR) is 72.5 cm³/mol. The van der Waals surface area contributed by atoms with Crippen LogP contribution in [0.5, 0.6) is 5.75 Å². The van der Waals surface area contributed by atoms with E-state index < -0.39 is 0 Å². The third-order valence-corrected chi connectivity index (χ3v) is 5.52. The number of hydrogen-bond acceptors (Lipinski definition) is 3. The Morgan fingerprint density at radius 2 is 2.16 bits per heavy atom. The Morgan fingerprint density at radius 1 is 1.26 bits per heavy atom. The molecule has 1 saturated heterocycles. The number of Topliss-reactive ketones (excluding diaryl/α,β-unsaturated/α-hetero) is 1. The number of piperidine rings is 1. The molecule has 3 atom stereocenters. The lowest BCUT2D eigenvalue weighted by atomic mass is 9.52. The van der Waals surface area contributed by atoms with Crippen molar-refractivity contribution in [2.24, 2.45) is 5.92 Å². The number of aromatic hydroxyl groups is 1. The minimum Gasteiger partial charge on any atom is -0.508 e. The van der Waals surface area contributed by atoms with Crippen molar-refractivity contribution in [3.8, 4) is 5.75 Å². The van der Waals surface area contributed by atoms with Gasteiger partial charge in [0.05, 0.1) is 6.04 Å². The highest BCUT2D eigenvalue weighted by molar-refractivity contribution is 6.03. The van der Waals surface area contributed by atoms with Crippen molar-refractivity contribution in [2.45, 2.75) is 43.6 Å². The van der Waals surface area contributed by atoms with Crippen LogP contribution in [0.4, 0.5) is 0 Å². The lowest BCUT2D eigenvalue weighted by Gasteiger charge is -2.55. The van der Waals surface area contributed by atoms with Crippen molar-refractivity contribution in [3.05, 3.63) is 29.3 Å². The first-order chi connectivity index (χ1) is 9.22. The van der Waals surface area contributed by atoms with E-state index in [0.717, 1.165) is 30.5 Å². The van der Waals surface area contributed by atoms with Crippen LogP contribution >= 0.6 is 0 Å². The summed E-state index contributed by atoms with van der Waals surface area (Å²) >= 11 is 0. The van der Waals surface area contributed by atoms with Crippen LogP contribution in [0.1, 0.15) is 48.0 Å². The van der Waals surface area contributed by atoms with Crippen molar-refractivity contribution in [2.75, 3.05) is 6.54 Å². The molecule has 3 nitrogen and oxygen atoms in total. The number of hydrogen-bond donors (Lipinski definition) is 2. The van der Waals surface area contributed by atoms with Gasteiger partial charge in [-0.25, -0.2) is 0 Å². The van der Waals surface area contributed by atoms with Gasteiger partial charge in [0.1, 0.15) is 5.75 Å². The summed E-state index contributed by atoms with van der Waals surface area (Å²) in [6.07, 6.45) is 5.87. The number of nitrogens with one attached hydrogen (secondary N) is 1. The summed E-state index contributed by atoms with van der Waals surface area (Å²) in [5.41, 5.74) is 2.10. The normalized spacial score (nSPS) is 36.5. The van der Waals surface area contributed by atoms with Gasteiger partial charge in [0, 0.05) is 11.0 Å². The predicted octanol–water partition coefficient (Wildman–Crippen LogP) is 2.38. The fraction of sp³-hybridized carbons (Fsp3) is 0.562. The average molecular weight is 257 g/mol. The number of phenolic OH excluding ortho intramolecular Hbond substituents is 1. The molecule has 0 unspecified atom stereocenters. The van der Waals surface area contributed by atoms with Crippen LogP contribution < -0.4 is 5.32 Å². The van der Waals surface area contributed by atoms with Gasteiger partial charge in [0.15, 0.2) is 5.78 Å². The summed E-state index contributed by atoms with van der Waals surface area (Å²) in [5.74, 6) is 0.955. The Labute approximate surface area is 113 Å². The molecular weight excluding hydrogens is 238 g/mol. The van der Waals surface area contributed by atoms with Gasteiger partial charge < -0.3 is 10.4 Å². The van der Waals surface area contributed by atoms with E-state index >= 15 is 0 Å². The fourth-order valence-corrected chi connectivity index (χ4v) is 4.73. The molecule has 3 heteroatoms. The molecule has 2 N–H and O–H groups in total. The Hall–Kier alpha value is -1.35. The van der Waals surface area contributed by atoms with Crippen LogP contribution in [0.15, 0.2) is 18.2 Å². The molecule has 1 aromatic carbocycles. The molecule has 1 aromatic rings. The van der Waals surface area contributed by atoms with Crippen molar-refractivity contribution < 1.29 is 9.90 Å². The monoisotopic (exact) mass is 257 g/mol. The number of carbonyl (C=O) groups is 1. The molecule has 2 fully saturated rings. The van der Waals surface area contributed by atoms with Crippen LogP contribution in [-0.2, 0) is 5.41 Å². The maximum absolute atomic E-state index is 12.6. The van der Waals surface area contributed by atoms with E-state index in [2.05, 4.69) is 5.32 Å². The highest BCUT2D eigenvalue weighted by Gasteiger charge is 2.54. The second-order valence-electron chi connectivity index (χ2n) is 6.28. The average Bonchev–Trinajstić information content (AvgIpc) is 2.44. The number of ketones is 1. The smallest absolute Gasteiger partial charge is 0.180 e. The molecule has 4 rings (SSSR count). The number of rotatable bonds is 0. The highest BCUT2D eigenvalue weighted by Crippen LogP contribution is 2.54. The van der Waals surface area contributed by atoms with Gasteiger partial charge in [0.25, 0.3) is 0 Å². The molecule has 100 valence electrons. The Kier molecular flexibility index (Phi) is 2.31. The van der Waals surface area contributed by atoms with Gasteiger partial charge in [-0.15, -0.1) is 0 Å². The number of carbonyl (C=O) groups excluding carboxylic acids is 1. The van der Waals surface area contributed by atoms with Gasteiger partial charge in [0.2, 0.25) is 0 Å². The molecule has 0 amide bonds. The lowest BCUT2D eigenvalue weighted by molar-refractivity contribution is 0.0566. The van der Waals surface area contributed by atoms with E-state index in [9.17, 15) is 9.90 Å². The van der Waals surface area contributed by atoms with E-state index in [0.29, 0.717) is 11.7 Å². The molecule has 1 heterocycles. The maximum atomic E-state index is 12.6. The largest absolute Gasteiger partial charge is 0.508 e. The Bertz CT molecular complexity index is 550. The molecule has 3 aliphatic rings. The summed E-state index contributed by atoms with van der Waals surface area (Å²) < 4.78 is 0. The van der Waals surface area contributed by atoms with Crippen LogP contribution in [0, 0.1) is 5.92 Å². The summed E-state index contributed by atoms with van der Waals surface area (Å²) in [7, 11) is 0. The Balaban J connectivity index is 1.97. The molecule has 19 heavy (non-hydrogen) atoms. The van der Waals surface area contributed by atoms with E-state index in [1.807, 2.05) is 12.1 Å². The zero-order valence-electron chi connectivity index (χ0n) is 11.0. The topological polar surface area (TPSA) is 49.3 Å². The van der Waals surface area contributed by atoms with Gasteiger partial charge in [-0.1, -0.05) is 12.8 Å². The van der Waals surface area contributed by atoms with E-state index in [-0.39, 0.29) is 17.2 Å². The first-order valence-corrected chi connectivity index (χ1v) is 7.33. The first kappa shape index (κ1) is 11.5. The minimum absolute atomic E-state index is 0.00564. The summed E-state index contributed by atoms with van der Waals surface area (Å²) in [4.78, 5) is 12.6. The van der Waals surface area contributed by atoms with Crippen LogP contribution in [-0.4, -0.2) is 23.5 Å². The van der Waals surface area contributed by atoms with E-state index in [1.165, 1.54) is 19.3 Å². The third kappa shape index (κ3) is 1.39. The molecule has 0 spiro atoms. The van der Waals surface area contributed by atoms with Gasteiger partial charge >= 0.3 is 0 Å². The maximum Gasteiger partial charge on any atom is 0.180 e. The molecule has 1 saturated carbocycles. The number of fused-ring (bicyclic) bond motifs is 1. The molecule has 2 bridgehead atoms. The number of benzene rings is 1. The lowest BCUT2D eigenvalue weighted by Crippen LogP contribution is -2.62. The zero-order valence-corrected chi connectivity index (χ0v) is 11.0. The van der Waals surface area contributed by atoms with Gasteiger partial charge in [-0.2, -0.15) is 0 Å². The van der Waals surface area contributed by atoms with Crippen LogP contribution in [0.2, 0.25) is 0 Å². The fourth-order valence-electron chi connectivity index (χ4n) is 4.73. The van der Waals surface area contributed by atoms with Crippen LogP contribution in [0.3, 0.4) is 0 Å². The van der Waals surface area contributed by atoms with Gasteiger partial charge in [-0.05, 0) is 55.5 Å². The minimum atomic E-state index is 0.00564. The van der Waals surface area contributed by atoms with Crippen molar-refractivity contribution in [3.63, 3.8) is 0 Å². The Morgan fingerprint density at radius 3 is 3.05 bits per heavy atom. The first-order valence-electron chi connectivity index (χ1n) is 7.33. The van der Waals surface area contributed by atoms with Crippen molar-refractivity contribution in [1.82, 2.24) is 5.32 Å². The molecular formula is C16H19NO2. The van der Waals surface area contributed by atoms with Crippen molar-refractivity contribution in [1.29, 1.82) is 0 Å². The zero-order chi connectivity index (χ0) is 13.0. The quantitative estimate of drug-likeness (QED) is 0.750. The second-order valence-corrected chi connectivity index (χ2v) is 6.28. The summed E-state index contributed by atoms with van der Waals surface area (Å²) in [5, 5.41) is 13.3. The molecule has 0 aromatic heterocycles. The standard InChI is InChI=1S/C16H19NO2/c18-10-4-5-11-13(9-10)16-6-2-1-3-12(16)14(15(11)19)17-8-7-16/h4-5,9,12,14,17-18H,1-3,6-8H2/t12-,14+,16+/m0/s1. The molecule has 0 radical (unpaired) electrons. The van der Waals surface area contributed by atoms with Crippen LogP contribution in [0.25, 0.3) is 0 Å². The SMILES string of the molecule is O=C1c2ccc(O)cc2[C@@]23CCCC[C@H]2[C@H]1NCC3. The van der Waals surface area contributed by atoms with E-state index in [1.54, 1.807) is 6.07 Å².